The van der Waals surface area contributed by atoms with E-state index in [9.17, 15) is 0 Å². The van der Waals surface area contributed by atoms with Gasteiger partial charge < -0.3 is 0 Å². The monoisotopic (exact) mass is 361 g/mol. The van der Waals surface area contributed by atoms with E-state index in [0.717, 1.165) is 17.8 Å². The predicted molar refractivity (Wildman–Crippen MR) is 114 cm³/mol. The maximum Gasteiger partial charge on any atom is 0.0908 e. The van der Waals surface area contributed by atoms with E-state index >= 15 is 0 Å². The van der Waals surface area contributed by atoms with Gasteiger partial charge in [-0.3, -0.25) is 0 Å². The molecule has 0 saturated heterocycles. The Labute approximate surface area is 166 Å². The number of aryl methyl sites for hydroxylation is 1. The highest BCUT2D eigenvalue weighted by Crippen LogP contribution is 2.37. The van der Waals surface area contributed by atoms with Gasteiger partial charge in [-0.25, -0.2) is 0 Å². The Kier molecular flexibility index (Phi) is 7.76. The summed E-state index contributed by atoms with van der Waals surface area (Å²) in [6, 6.07) is 11.6. The van der Waals surface area contributed by atoms with Crippen LogP contribution in [0.15, 0.2) is 48.6 Å². The quantitative estimate of drug-likeness (QED) is 0.383. The summed E-state index contributed by atoms with van der Waals surface area (Å²) in [5.74, 6) is 2.96. The molecule has 0 unspecified atom stereocenters. The third kappa shape index (κ3) is 6.10. The molecule has 0 aliphatic heterocycles. The van der Waals surface area contributed by atoms with Gasteiger partial charge in [0.15, 0.2) is 0 Å². The molecule has 2 saturated carbocycles. The molecule has 1 nitrogen and oxygen atoms in total. The van der Waals surface area contributed by atoms with Crippen molar-refractivity contribution in [3.63, 3.8) is 0 Å². The van der Waals surface area contributed by atoms with Crippen LogP contribution in [0, 0.1) is 29.1 Å². The van der Waals surface area contributed by atoms with Crippen LogP contribution in [0.1, 0.15) is 81.8 Å². The first-order valence-corrected chi connectivity index (χ1v) is 11.1. The number of allylic oxidation sites excluding steroid dienone is 4. The van der Waals surface area contributed by atoms with Crippen LogP contribution in [0.2, 0.25) is 0 Å². The van der Waals surface area contributed by atoms with E-state index in [4.69, 9.17) is 5.26 Å². The van der Waals surface area contributed by atoms with Gasteiger partial charge in [-0.2, -0.15) is 5.26 Å². The fraction of sp³-hybridized carbons (Fsp3) is 0.577. The molecule has 1 aromatic carbocycles. The van der Waals surface area contributed by atoms with Crippen molar-refractivity contribution in [1.29, 1.82) is 5.26 Å². The smallest absolute Gasteiger partial charge is 0.0908 e. The first-order chi connectivity index (χ1) is 13.3. The number of rotatable bonds is 6. The number of hydrogen-bond acceptors (Lipinski definition) is 1. The van der Waals surface area contributed by atoms with E-state index in [2.05, 4.69) is 55.5 Å². The molecule has 0 bridgehead atoms. The van der Waals surface area contributed by atoms with Gasteiger partial charge in [0.1, 0.15) is 0 Å². The van der Waals surface area contributed by atoms with Crippen molar-refractivity contribution in [2.45, 2.75) is 77.0 Å². The van der Waals surface area contributed by atoms with Crippen LogP contribution in [0.3, 0.4) is 0 Å². The third-order valence-corrected chi connectivity index (χ3v) is 6.68. The van der Waals surface area contributed by atoms with Gasteiger partial charge in [0.25, 0.3) is 0 Å². The second-order valence-electron chi connectivity index (χ2n) is 8.65. The van der Waals surface area contributed by atoms with Crippen LogP contribution >= 0.6 is 0 Å². The molecule has 2 aliphatic carbocycles. The summed E-state index contributed by atoms with van der Waals surface area (Å²) in [5.41, 5.74) is 3.04. The zero-order chi connectivity index (χ0) is 18.9. The molecule has 3 rings (SSSR count). The van der Waals surface area contributed by atoms with Crippen molar-refractivity contribution in [3.8, 4) is 6.07 Å². The van der Waals surface area contributed by atoms with Gasteiger partial charge in [0.2, 0.25) is 0 Å². The average molecular weight is 362 g/mol. The highest BCUT2D eigenvalue weighted by Gasteiger charge is 2.22. The molecule has 2 fully saturated rings. The first-order valence-electron chi connectivity index (χ1n) is 11.1. The minimum Gasteiger partial charge on any atom is -0.193 e. The molecule has 0 heterocycles. The molecule has 0 aromatic heterocycles. The summed E-state index contributed by atoms with van der Waals surface area (Å²) < 4.78 is 0. The lowest BCUT2D eigenvalue weighted by atomic mass is 9.77. The molecular formula is C26H35N. The molecule has 1 aromatic rings. The van der Waals surface area contributed by atoms with Gasteiger partial charge in [0, 0.05) is 6.08 Å². The molecule has 0 atom stereocenters. The first kappa shape index (κ1) is 19.9. The second-order valence-corrected chi connectivity index (χ2v) is 8.65. The number of benzene rings is 1. The van der Waals surface area contributed by atoms with E-state index in [-0.39, 0.29) is 0 Å². The molecule has 27 heavy (non-hydrogen) atoms. The fourth-order valence-electron chi connectivity index (χ4n) is 4.91. The third-order valence-electron chi connectivity index (χ3n) is 6.68. The fourth-order valence-corrected chi connectivity index (χ4v) is 4.91. The average Bonchev–Trinajstić information content (AvgIpc) is 2.73. The SMILES string of the molecule is CCCc1ccc([C@H]2CC[C@H](C=C[C@H]3CC[C@H](C=CC#N)CC3)CC2)cc1. The maximum absolute atomic E-state index is 8.65. The predicted octanol–water partition coefficient (Wildman–Crippen LogP) is 7.36. The minimum atomic E-state index is 0.633. The van der Waals surface area contributed by atoms with Crippen LogP contribution in [0.5, 0.6) is 0 Å². The number of nitrogens with zero attached hydrogens (tertiary/aromatic N) is 1. The van der Waals surface area contributed by atoms with Gasteiger partial charge in [0.05, 0.1) is 6.07 Å². The molecule has 0 radical (unpaired) electrons. The van der Waals surface area contributed by atoms with Gasteiger partial charge in [-0.15, -0.1) is 0 Å². The highest BCUT2D eigenvalue weighted by molar-refractivity contribution is 5.26. The Morgan fingerprint density at radius 3 is 1.85 bits per heavy atom. The summed E-state index contributed by atoms with van der Waals surface area (Å²) >= 11 is 0. The molecule has 1 heteroatoms. The lowest BCUT2D eigenvalue weighted by Crippen LogP contribution is -2.14. The summed E-state index contributed by atoms with van der Waals surface area (Å²) in [5, 5.41) is 8.65. The van der Waals surface area contributed by atoms with Crippen LogP contribution < -0.4 is 0 Å². The van der Waals surface area contributed by atoms with Gasteiger partial charge >= 0.3 is 0 Å². The minimum absolute atomic E-state index is 0.633. The highest BCUT2D eigenvalue weighted by atomic mass is 14.3. The summed E-state index contributed by atoms with van der Waals surface area (Å²) in [4.78, 5) is 0. The zero-order valence-electron chi connectivity index (χ0n) is 16.9. The molecule has 0 amide bonds. The Morgan fingerprint density at radius 2 is 1.33 bits per heavy atom. The molecule has 0 N–H and O–H groups in total. The Balaban J connectivity index is 1.41. The largest absolute Gasteiger partial charge is 0.193 e. The van der Waals surface area contributed by atoms with Crippen LogP contribution in [-0.4, -0.2) is 0 Å². The summed E-state index contributed by atoms with van der Waals surface area (Å²) in [6.45, 7) is 2.25. The molecule has 144 valence electrons. The van der Waals surface area contributed by atoms with Gasteiger partial charge in [-0.1, -0.05) is 55.8 Å². The Morgan fingerprint density at radius 1 is 0.815 bits per heavy atom. The van der Waals surface area contributed by atoms with Crippen molar-refractivity contribution in [3.05, 3.63) is 59.7 Å². The van der Waals surface area contributed by atoms with E-state index < -0.39 is 0 Å². The zero-order valence-corrected chi connectivity index (χ0v) is 16.9. The van der Waals surface area contributed by atoms with Crippen LogP contribution in [-0.2, 0) is 6.42 Å². The normalized spacial score (nSPS) is 29.2. The lowest BCUT2D eigenvalue weighted by molar-refractivity contribution is 0.348. The number of hydrogen-bond donors (Lipinski definition) is 0. The standard InChI is InChI=1S/C26H35N/c1-2-4-21-12-16-25(17-13-21)26-18-14-24(15-19-26)11-10-23-8-6-22(7-9-23)5-3-20-27/h3,5,10-13,16-17,22-24,26H,2,4,6-9,14-15,18-19H2,1H3/t22-,23-,24-,26-. The van der Waals surface area contributed by atoms with Crippen LogP contribution in [0.25, 0.3) is 0 Å². The topological polar surface area (TPSA) is 23.8 Å². The number of nitriles is 1. The second kappa shape index (κ2) is 10.5. The van der Waals surface area contributed by atoms with Crippen LogP contribution in [0.4, 0.5) is 0 Å². The van der Waals surface area contributed by atoms with E-state index in [1.807, 2.05) is 0 Å². The molecule has 2 aliphatic rings. The summed E-state index contributed by atoms with van der Waals surface area (Å²) in [7, 11) is 0. The Bertz CT molecular complexity index is 644. The van der Waals surface area contributed by atoms with Gasteiger partial charge in [-0.05, 0) is 92.6 Å². The van der Waals surface area contributed by atoms with E-state index in [1.54, 1.807) is 11.6 Å². The summed E-state index contributed by atoms with van der Waals surface area (Å²) in [6.07, 6.45) is 21.7. The van der Waals surface area contributed by atoms with E-state index in [0.29, 0.717) is 5.92 Å². The van der Waals surface area contributed by atoms with Crippen molar-refractivity contribution in [2.75, 3.05) is 0 Å². The van der Waals surface area contributed by atoms with Crippen molar-refractivity contribution in [2.24, 2.45) is 17.8 Å². The maximum atomic E-state index is 8.65. The van der Waals surface area contributed by atoms with E-state index in [1.165, 1.54) is 69.8 Å². The molecular weight excluding hydrogens is 326 g/mol. The van der Waals surface area contributed by atoms with Crippen molar-refractivity contribution in [1.82, 2.24) is 0 Å². The van der Waals surface area contributed by atoms with Crippen molar-refractivity contribution >= 4 is 0 Å². The lowest BCUT2D eigenvalue weighted by Gasteiger charge is -2.28. The molecule has 0 spiro atoms. The Hall–Kier alpha value is -1.81. The van der Waals surface area contributed by atoms with Crippen molar-refractivity contribution < 1.29 is 0 Å².